The highest BCUT2D eigenvalue weighted by atomic mass is 19.4. The van der Waals surface area contributed by atoms with Gasteiger partial charge in [-0.15, -0.1) is 13.2 Å². The summed E-state index contributed by atoms with van der Waals surface area (Å²) >= 11 is 0. The molecule has 1 atom stereocenters. The summed E-state index contributed by atoms with van der Waals surface area (Å²) in [5.74, 6) is -0.817. The first-order valence-electron chi connectivity index (χ1n) is 9.56. The van der Waals surface area contributed by atoms with Gasteiger partial charge in [-0.25, -0.2) is 4.68 Å². The second kappa shape index (κ2) is 8.40. The van der Waals surface area contributed by atoms with Crippen molar-refractivity contribution in [3.05, 3.63) is 52.1 Å². The molecule has 8 nitrogen and oxygen atoms in total. The number of benzene rings is 1. The molecule has 0 bridgehead atoms. The third kappa shape index (κ3) is 5.04. The van der Waals surface area contributed by atoms with Crippen molar-refractivity contribution in [1.82, 2.24) is 24.9 Å². The first-order chi connectivity index (χ1) is 14.5. The number of fused-ring (bicyclic) bond motifs is 1. The summed E-state index contributed by atoms with van der Waals surface area (Å²) in [4.78, 5) is 25.2. The van der Waals surface area contributed by atoms with Gasteiger partial charge in [-0.2, -0.15) is 10.2 Å². The van der Waals surface area contributed by atoms with Crippen LogP contribution >= 0.6 is 0 Å². The van der Waals surface area contributed by atoms with Crippen LogP contribution in [0.5, 0.6) is 5.75 Å². The number of hydrogen-bond donors (Lipinski definition) is 1. The van der Waals surface area contributed by atoms with E-state index in [-0.39, 0.29) is 18.3 Å². The highest BCUT2D eigenvalue weighted by molar-refractivity contribution is 5.81. The van der Waals surface area contributed by atoms with E-state index >= 15 is 0 Å². The van der Waals surface area contributed by atoms with Crippen molar-refractivity contribution in [2.45, 2.75) is 52.7 Å². The SMILES string of the molecule is Cc1nn(C(C)C)c2cnn(CC(=O)N[C@@H](C)c3ccc(OC(F)(F)F)cc3)c(=O)c12. The van der Waals surface area contributed by atoms with Crippen LogP contribution in [0.4, 0.5) is 13.2 Å². The number of alkyl halides is 3. The molecule has 0 spiro atoms. The molecular weight excluding hydrogens is 415 g/mol. The van der Waals surface area contributed by atoms with Crippen LogP contribution in [-0.4, -0.2) is 31.8 Å². The van der Waals surface area contributed by atoms with E-state index in [1.54, 1.807) is 18.5 Å². The number of aryl methyl sites for hydroxylation is 1. The van der Waals surface area contributed by atoms with Gasteiger partial charge >= 0.3 is 6.36 Å². The van der Waals surface area contributed by atoms with Crippen LogP contribution in [0.15, 0.2) is 35.3 Å². The Bertz CT molecular complexity index is 1150. The van der Waals surface area contributed by atoms with Crippen LogP contribution in [0.3, 0.4) is 0 Å². The van der Waals surface area contributed by atoms with Crippen LogP contribution in [0.1, 0.15) is 44.1 Å². The van der Waals surface area contributed by atoms with Gasteiger partial charge in [0.25, 0.3) is 5.56 Å². The predicted octanol–water partition coefficient (Wildman–Crippen LogP) is 3.26. The standard InChI is InChI=1S/C20H22F3N5O3/c1-11(2)28-16-9-24-27(19(30)18(16)13(4)26-28)10-17(29)25-12(3)14-5-7-15(8-6-14)31-20(21,22)23/h5-9,11-12H,10H2,1-4H3,(H,25,29)/t12-/m0/s1. The van der Waals surface area contributed by atoms with Crippen LogP contribution in [0.25, 0.3) is 10.9 Å². The van der Waals surface area contributed by atoms with Gasteiger partial charge in [0.05, 0.1) is 28.8 Å². The average molecular weight is 437 g/mol. The smallest absolute Gasteiger partial charge is 0.406 e. The highest BCUT2D eigenvalue weighted by Crippen LogP contribution is 2.24. The second-order valence-electron chi connectivity index (χ2n) is 7.40. The summed E-state index contributed by atoms with van der Waals surface area (Å²) in [6.07, 6.45) is -3.26. The van der Waals surface area contributed by atoms with Crippen molar-refractivity contribution in [1.29, 1.82) is 0 Å². The molecule has 1 amide bonds. The number of aromatic nitrogens is 4. The summed E-state index contributed by atoms with van der Waals surface area (Å²) in [5.41, 5.74) is 1.31. The topological polar surface area (TPSA) is 91.0 Å². The van der Waals surface area contributed by atoms with Crippen molar-refractivity contribution in [3.8, 4) is 5.75 Å². The number of halogens is 3. The molecule has 1 aromatic carbocycles. The molecule has 3 aromatic rings. The van der Waals surface area contributed by atoms with Crippen molar-refractivity contribution < 1.29 is 22.7 Å². The van der Waals surface area contributed by atoms with Crippen molar-refractivity contribution in [3.63, 3.8) is 0 Å². The fourth-order valence-corrected chi connectivity index (χ4v) is 3.23. The van der Waals surface area contributed by atoms with Gasteiger partial charge in [0.15, 0.2) is 0 Å². The second-order valence-corrected chi connectivity index (χ2v) is 7.40. The summed E-state index contributed by atoms with van der Waals surface area (Å²) in [7, 11) is 0. The third-order valence-electron chi connectivity index (χ3n) is 4.66. The number of rotatable bonds is 6. The summed E-state index contributed by atoms with van der Waals surface area (Å²) in [6, 6.07) is 4.72. The van der Waals surface area contributed by atoms with Crippen LogP contribution in [0.2, 0.25) is 0 Å². The molecule has 166 valence electrons. The molecule has 2 heterocycles. The van der Waals surface area contributed by atoms with Crippen molar-refractivity contribution in [2.24, 2.45) is 0 Å². The van der Waals surface area contributed by atoms with Gasteiger partial charge in [-0.1, -0.05) is 12.1 Å². The maximum atomic E-state index is 12.8. The highest BCUT2D eigenvalue weighted by Gasteiger charge is 2.31. The lowest BCUT2D eigenvalue weighted by molar-refractivity contribution is -0.274. The fraction of sp³-hybridized carbons (Fsp3) is 0.400. The number of carbonyl (C=O) groups is 1. The first-order valence-corrected chi connectivity index (χ1v) is 9.56. The van der Waals surface area contributed by atoms with E-state index in [4.69, 9.17) is 0 Å². The average Bonchev–Trinajstić information content (AvgIpc) is 3.01. The minimum absolute atomic E-state index is 0.0466. The number of hydrogen-bond acceptors (Lipinski definition) is 5. The molecule has 31 heavy (non-hydrogen) atoms. The molecule has 11 heteroatoms. The summed E-state index contributed by atoms with van der Waals surface area (Å²) < 4.78 is 43.4. The van der Waals surface area contributed by atoms with Crippen molar-refractivity contribution in [2.75, 3.05) is 0 Å². The number of amides is 1. The Hall–Kier alpha value is -3.37. The van der Waals surface area contributed by atoms with Gasteiger partial charge in [0.1, 0.15) is 12.3 Å². The lowest BCUT2D eigenvalue weighted by Crippen LogP contribution is -2.35. The third-order valence-corrected chi connectivity index (χ3v) is 4.66. The molecule has 0 saturated carbocycles. The molecule has 1 N–H and O–H groups in total. The Morgan fingerprint density at radius 1 is 1.19 bits per heavy atom. The molecule has 0 aliphatic rings. The molecule has 0 unspecified atom stereocenters. The number of nitrogens with zero attached hydrogens (tertiary/aromatic N) is 4. The van der Waals surface area contributed by atoms with E-state index in [0.29, 0.717) is 22.2 Å². The zero-order valence-corrected chi connectivity index (χ0v) is 17.4. The molecule has 0 fully saturated rings. The van der Waals surface area contributed by atoms with Gasteiger partial charge in [-0.3, -0.25) is 14.3 Å². The van der Waals surface area contributed by atoms with Crippen molar-refractivity contribution >= 4 is 16.8 Å². The van der Waals surface area contributed by atoms with E-state index in [1.807, 2.05) is 13.8 Å². The van der Waals surface area contributed by atoms with Crippen LogP contribution < -0.4 is 15.6 Å². The van der Waals surface area contributed by atoms with E-state index in [0.717, 1.165) is 4.68 Å². The van der Waals surface area contributed by atoms with Gasteiger partial charge in [-0.05, 0) is 45.4 Å². The molecule has 0 aliphatic carbocycles. The zero-order valence-electron chi connectivity index (χ0n) is 17.4. The summed E-state index contributed by atoms with van der Waals surface area (Å²) in [6.45, 7) is 6.97. The Balaban J connectivity index is 1.72. The van der Waals surface area contributed by atoms with Crippen LogP contribution in [-0.2, 0) is 11.3 Å². The number of ether oxygens (including phenoxy) is 1. The summed E-state index contributed by atoms with van der Waals surface area (Å²) in [5, 5.41) is 11.6. The lowest BCUT2D eigenvalue weighted by atomic mass is 10.1. The largest absolute Gasteiger partial charge is 0.573 e. The first kappa shape index (κ1) is 22.3. The molecule has 0 radical (unpaired) electrons. The minimum atomic E-state index is -4.77. The maximum absolute atomic E-state index is 12.8. The molecular formula is C20H22F3N5O3. The predicted molar refractivity (Wildman–Crippen MR) is 107 cm³/mol. The Labute approximate surface area is 175 Å². The minimum Gasteiger partial charge on any atom is -0.406 e. The lowest BCUT2D eigenvalue weighted by Gasteiger charge is -2.16. The normalized spacial score (nSPS) is 12.9. The van der Waals surface area contributed by atoms with Gasteiger partial charge in [0.2, 0.25) is 5.91 Å². The number of carbonyl (C=O) groups excluding carboxylic acids is 1. The van der Waals surface area contributed by atoms with Gasteiger partial charge < -0.3 is 10.1 Å². The Kier molecular flexibility index (Phi) is 6.05. The van der Waals surface area contributed by atoms with Gasteiger partial charge in [0, 0.05) is 6.04 Å². The molecule has 2 aromatic heterocycles. The van der Waals surface area contributed by atoms with E-state index in [1.165, 1.54) is 30.5 Å². The molecule has 3 rings (SSSR count). The molecule has 0 saturated heterocycles. The fourth-order valence-electron chi connectivity index (χ4n) is 3.23. The molecule has 0 aliphatic heterocycles. The maximum Gasteiger partial charge on any atom is 0.573 e. The monoisotopic (exact) mass is 437 g/mol. The van der Waals surface area contributed by atoms with Crippen LogP contribution in [0, 0.1) is 6.92 Å². The van der Waals surface area contributed by atoms with E-state index in [2.05, 4.69) is 20.3 Å². The Morgan fingerprint density at radius 3 is 2.42 bits per heavy atom. The zero-order chi connectivity index (χ0) is 22.9. The Morgan fingerprint density at radius 2 is 1.84 bits per heavy atom. The quantitative estimate of drug-likeness (QED) is 0.639. The van der Waals surface area contributed by atoms with E-state index in [9.17, 15) is 22.8 Å². The van der Waals surface area contributed by atoms with E-state index < -0.39 is 23.9 Å². The number of nitrogens with one attached hydrogen (secondary N) is 1.